The normalized spacial score (nSPS) is 23.9. The van der Waals surface area contributed by atoms with Crippen molar-refractivity contribution in [3.63, 3.8) is 0 Å². The Morgan fingerprint density at radius 1 is 1.28 bits per heavy atom. The summed E-state index contributed by atoms with van der Waals surface area (Å²) in [5.74, 6) is 1.01. The molecule has 0 unspecified atom stereocenters. The van der Waals surface area contributed by atoms with Crippen molar-refractivity contribution in [3.8, 4) is 0 Å². The quantitative estimate of drug-likeness (QED) is 0.650. The standard InChI is InChI=1S/C14H28N2O2/c1-3-12-5-7-13(8-6-12)16-11-14(17)15-9-4-10-18-2/h12-13,16H,3-11H2,1-2H3,(H,15,17). The summed E-state index contributed by atoms with van der Waals surface area (Å²) < 4.78 is 4.93. The van der Waals surface area contributed by atoms with Crippen LogP contribution in [0.3, 0.4) is 0 Å². The highest BCUT2D eigenvalue weighted by molar-refractivity contribution is 5.77. The molecule has 0 atom stereocenters. The van der Waals surface area contributed by atoms with Gasteiger partial charge in [0.05, 0.1) is 6.54 Å². The van der Waals surface area contributed by atoms with Gasteiger partial charge in [-0.2, -0.15) is 0 Å². The van der Waals surface area contributed by atoms with Crippen LogP contribution in [0.2, 0.25) is 0 Å². The van der Waals surface area contributed by atoms with E-state index in [0.29, 0.717) is 25.7 Å². The zero-order valence-corrected chi connectivity index (χ0v) is 11.8. The molecule has 0 bridgehead atoms. The van der Waals surface area contributed by atoms with Crippen LogP contribution in [0.1, 0.15) is 45.4 Å². The lowest BCUT2D eigenvalue weighted by Crippen LogP contribution is -2.41. The number of hydrogen-bond donors (Lipinski definition) is 2. The average Bonchev–Trinajstić information content (AvgIpc) is 2.42. The average molecular weight is 256 g/mol. The van der Waals surface area contributed by atoms with Crippen molar-refractivity contribution in [1.29, 1.82) is 0 Å². The summed E-state index contributed by atoms with van der Waals surface area (Å²) in [6.07, 6.45) is 7.23. The highest BCUT2D eigenvalue weighted by atomic mass is 16.5. The second kappa shape index (κ2) is 9.34. The SMILES string of the molecule is CCC1CCC(NCC(=O)NCCCOC)CC1. The fourth-order valence-corrected chi connectivity index (χ4v) is 2.52. The molecular formula is C14H28N2O2. The number of rotatable bonds is 8. The molecular weight excluding hydrogens is 228 g/mol. The Hall–Kier alpha value is -0.610. The third-order valence-electron chi connectivity index (χ3n) is 3.82. The molecule has 106 valence electrons. The second-order valence-corrected chi connectivity index (χ2v) is 5.20. The van der Waals surface area contributed by atoms with Gasteiger partial charge in [0.1, 0.15) is 0 Å². The van der Waals surface area contributed by atoms with Gasteiger partial charge in [-0.25, -0.2) is 0 Å². The monoisotopic (exact) mass is 256 g/mol. The topological polar surface area (TPSA) is 50.4 Å². The highest BCUT2D eigenvalue weighted by Gasteiger charge is 2.19. The predicted octanol–water partition coefficient (Wildman–Crippen LogP) is 1.70. The van der Waals surface area contributed by atoms with Crippen LogP contribution < -0.4 is 10.6 Å². The van der Waals surface area contributed by atoms with Crippen LogP contribution in [0.4, 0.5) is 0 Å². The Morgan fingerprint density at radius 3 is 2.61 bits per heavy atom. The molecule has 0 aromatic rings. The van der Waals surface area contributed by atoms with Crippen molar-refractivity contribution in [2.45, 2.75) is 51.5 Å². The summed E-state index contributed by atoms with van der Waals surface area (Å²) in [6.45, 7) is 4.13. The number of ether oxygens (including phenoxy) is 1. The summed E-state index contributed by atoms with van der Waals surface area (Å²) in [6, 6.07) is 0.539. The number of hydrogen-bond acceptors (Lipinski definition) is 3. The molecule has 1 fully saturated rings. The Balaban J connectivity index is 2.01. The lowest BCUT2D eigenvalue weighted by atomic mass is 9.84. The molecule has 0 aromatic carbocycles. The summed E-state index contributed by atoms with van der Waals surface area (Å²) >= 11 is 0. The number of carbonyl (C=O) groups is 1. The number of carbonyl (C=O) groups excluding carboxylic acids is 1. The first-order chi connectivity index (χ1) is 8.76. The molecule has 0 aromatic heterocycles. The van der Waals surface area contributed by atoms with E-state index in [1.165, 1.54) is 32.1 Å². The number of methoxy groups -OCH3 is 1. The van der Waals surface area contributed by atoms with Crippen molar-refractivity contribution in [2.24, 2.45) is 5.92 Å². The Bertz CT molecular complexity index is 226. The number of nitrogens with one attached hydrogen (secondary N) is 2. The van der Waals surface area contributed by atoms with Crippen molar-refractivity contribution >= 4 is 5.91 Å². The van der Waals surface area contributed by atoms with Gasteiger partial charge < -0.3 is 15.4 Å². The minimum Gasteiger partial charge on any atom is -0.385 e. The van der Waals surface area contributed by atoms with E-state index in [1.807, 2.05) is 0 Å². The first kappa shape index (κ1) is 15.4. The maximum absolute atomic E-state index is 11.6. The summed E-state index contributed by atoms with van der Waals surface area (Å²) in [4.78, 5) is 11.6. The molecule has 1 saturated carbocycles. The van der Waals surface area contributed by atoms with Crippen molar-refractivity contribution < 1.29 is 9.53 Å². The Kier molecular flexibility index (Phi) is 8.01. The molecule has 4 nitrogen and oxygen atoms in total. The van der Waals surface area contributed by atoms with Gasteiger partial charge in [-0.3, -0.25) is 4.79 Å². The maximum Gasteiger partial charge on any atom is 0.233 e. The van der Waals surface area contributed by atoms with E-state index in [4.69, 9.17) is 4.74 Å². The van der Waals surface area contributed by atoms with Crippen LogP contribution in [0.5, 0.6) is 0 Å². The lowest BCUT2D eigenvalue weighted by Gasteiger charge is -2.28. The summed E-state index contributed by atoms with van der Waals surface area (Å²) in [5.41, 5.74) is 0. The van der Waals surface area contributed by atoms with Gasteiger partial charge in [0.25, 0.3) is 0 Å². The van der Waals surface area contributed by atoms with Crippen molar-refractivity contribution in [1.82, 2.24) is 10.6 Å². The van der Waals surface area contributed by atoms with Gasteiger partial charge in [-0.05, 0) is 38.0 Å². The van der Waals surface area contributed by atoms with Crippen LogP contribution >= 0.6 is 0 Å². The van der Waals surface area contributed by atoms with E-state index >= 15 is 0 Å². The van der Waals surface area contributed by atoms with Gasteiger partial charge in [-0.15, -0.1) is 0 Å². The van der Waals surface area contributed by atoms with Crippen molar-refractivity contribution in [3.05, 3.63) is 0 Å². The largest absolute Gasteiger partial charge is 0.385 e. The molecule has 0 saturated heterocycles. The Morgan fingerprint density at radius 2 is 2.00 bits per heavy atom. The first-order valence-corrected chi connectivity index (χ1v) is 7.25. The van der Waals surface area contributed by atoms with Crippen LogP contribution in [0, 0.1) is 5.92 Å². The molecule has 4 heteroatoms. The minimum absolute atomic E-state index is 0.101. The molecule has 0 aliphatic heterocycles. The zero-order valence-electron chi connectivity index (χ0n) is 11.8. The number of amides is 1. The van der Waals surface area contributed by atoms with E-state index < -0.39 is 0 Å². The van der Waals surface area contributed by atoms with Gasteiger partial charge in [0.15, 0.2) is 0 Å². The van der Waals surface area contributed by atoms with E-state index in [0.717, 1.165) is 12.3 Å². The van der Waals surface area contributed by atoms with Crippen LogP contribution in [0.15, 0.2) is 0 Å². The molecule has 1 aliphatic carbocycles. The molecule has 18 heavy (non-hydrogen) atoms. The smallest absolute Gasteiger partial charge is 0.233 e. The summed E-state index contributed by atoms with van der Waals surface area (Å²) in [5, 5.41) is 6.26. The molecule has 0 radical (unpaired) electrons. The molecule has 0 heterocycles. The van der Waals surface area contributed by atoms with Gasteiger partial charge in [0, 0.05) is 26.3 Å². The minimum atomic E-state index is 0.101. The molecule has 1 aliphatic rings. The van der Waals surface area contributed by atoms with Crippen LogP contribution in [-0.2, 0) is 9.53 Å². The highest BCUT2D eigenvalue weighted by Crippen LogP contribution is 2.26. The predicted molar refractivity (Wildman–Crippen MR) is 73.5 cm³/mol. The zero-order chi connectivity index (χ0) is 13.2. The van der Waals surface area contributed by atoms with E-state index in [1.54, 1.807) is 7.11 Å². The third kappa shape index (κ3) is 6.36. The van der Waals surface area contributed by atoms with Gasteiger partial charge in [-0.1, -0.05) is 13.3 Å². The summed E-state index contributed by atoms with van der Waals surface area (Å²) in [7, 11) is 1.68. The Labute approximate surface area is 111 Å². The second-order valence-electron chi connectivity index (χ2n) is 5.20. The van der Waals surface area contributed by atoms with E-state index in [9.17, 15) is 4.79 Å². The maximum atomic E-state index is 11.6. The fraction of sp³-hybridized carbons (Fsp3) is 0.929. The van der Waals surface area contributed by atoms with Gasteiger partial charge in [0.2, 0.25) is 5.91 Å². The van der Waals surface area contributed by atoms with E-state index in [-0.39, 0.29) is 5.91 Å². The van der Waals surface area contributed by atoms with E-state index in [2.05, 4.69) is 17.6 Å². The first-order valence-electron chi connectivity index (χ1n) is 7.25. The molecule has 1 amide bonds. The molecule has 1 rings (SSSR count). The van der Waals surface area contributed by atoms with Gasteiger partial charge >= 0.3 is 0 Å². The molecule has 0 spiro atoms. The molecule has 2 N–H and O–H groups in total. The van der Waals surface area contributed by atoms with Crippen molar-refractivity contribution in [2.75, 3.05) is 26.8 Å². The van der Waals surface area contributed by atoms with Crippen LogP contribution in [0.25, 0.3) is 0 Å². The fourth-order valence-electron chi connectivity index (χ4n) is 2.52. The third-order valence-corrected chi connectivity index (χ3v) is 3.82. The lowest BCUT2D eigenvalue weighted by molar-refractivity contribution is -0.120. The van der Waals surface area contributed by atoms with Crippen LogP contribution in [-0.4, -0.2) is 38.8 Å².